The van der Waals surface area contributed by atoms with E-state index >= 15 is 0 Å². The fourth-order valence-electron chi connectivity index (χ4n) is 1.59. The van der Waals surface area contributed by atoms with E-state index in [9.17, 15) is 8.78 Å². The van der Waals surface area contributed by atoms with Crippen LogP contribution < -0.4 is 0 Å². The molecule has 0 aliphatic rings. The number of rotatable bonds is 3. The SMILES string of the molecule is Fc1ccc(C(Cl)Cc2ccncc2)c(F)c1. The lowest BCUT2D eigenvalue weighted by atomic mass is 10.0. The van der Waals surface area contributed by atoms with Crippen molar-refractivity contribution >= 4 is 11.6 Å². The number of pyridine rings is 1. The van der Waals surface area contributed by atoms with Crippen LogP contribution in [0.3, 0.4) is 0 Å². The zero-order valence-corrected chi connectivity index (χ0v) is 9.66. The van der Waals surface area contributed by atoms with Crippen molar-refractivity contribution in [2.75, 3.05) is 0 Å². The summed E-state index contributed by atoms with van der Waals surface area (Å²) in [6, 6.07) is 7.06. The van der Waals surface area contributed by atoms with E-state index in [-0.39, 0.29) is 0 Å². The van der Waals surface area contributed by atoms with Gasteiger partial charge >= 0.3 is 0 Å². The minimum Gasteiger partial charge on any atom is -0.265 e. The molecule has 1 unspecified atom stereocenters. The van der Waals surface area contributed by atoms with E-state index in [1.807, 2.05) is 12.1 Å². The van der Waals surface area contributed by atoms with Crippen LogP contribution in [-0.2, 0) is 6.42 Å². The topological polar surface area (TPSA) is 12.9 Å². The number of hydrogen-bond acceptors (Lipinski definition) is 1. The first-order valence-electron chi connectivity index (χ1n) is 5.15. The lowest BCUT2D eigenvalue weighted by Crippen LogP contribution is -1.99. The van der Waals surface area contributed by atoms with Crippen LogP contribution in [0.25, 0.3) is 0 Å². The molecule has 1 heterocycles. The number of alkyl halides is 1. The first kappa shape index (κ1) is 12.0. The van der Waals surface area contributed by atoms with Gasteiger partial charge in [-0.15, -0.1) is 11.6 Å². The highest BCUT2D eigenvalue weighted by Crippen LogP contribution is 2.27. The number of halogens is 3. The third kappa shape index (κ3) is 3.01. The minimum atomic E-state index is -0.612. The molecule has 4 heteroatoms. The van der Waals surface area contributed by atoms with Crippen molar-refractivity contribution in [1.29, 1.82) is 0 Å². The molecule has 0 saturated heterocycles. The maximum Gasteiger partial charge on any atom is 0.130 e. The maximum absolute atomic E-state index is 13.5. The van der Waals surface area contributed by atoms with Crippen molar-refractivity contribution in [3.05, 3.63) is 65.5 Å². The van der Waals surface area contributed by atoms with Crippen LogP contribution >= 0.6 is 11.6 Å². The summed E-state index contributed by atoms with van der Waals surface area (Å²) >= 11 is 6.12. The van der Waals surface area contributed by atoms with Gasteiger partial charge in [-0.3, -0.25) is 4.98 Å². The van der Waals surface area contributed by atoms with Gasteiger partial charge in [0.15, 0.2) is 0 Å². The van der Waals surface area contributed by atoms with Gasteiger partial charge in [-0.2, -0.15) is 0 Å². The van der Waals surface area contributed by atoms with Crippen molar-refractivity contribution in [2.24, 2.45) is 0 Å². The Balaban J connectivity index is 2.17. The molecule has 2 aromatic rings. The number of benzene rings is 1. The van der Waals surface area contributed by atoms with E-state index in [0.717, 1.165) is 11.6 Å². The Hall–Kier alpha value is -1.48. The second-order valence-corrected chi connectivity index (χ2v) is 4.22. The molecule has 0 aliphatic carbocycles. The quantitative estimate of drug-likeness (QED) is 0.757. The number of aromatic nitrogens is 1. The van der Waals surface area contributed by atoms with Gasteiger partial charge in [0, 0.05) is 24.0 Å². The summed E-state index contributed by atoms with van der Waals surface area (Å²) in [4.78, 5) is 3.89. The molecule has 0 N–H and O–H groups in total. The molecular weight excluding hydrogens is 244 g/mol. The van der Waals surface area contributed by atoms with Crippen molar-refractivity contribution in [1.82, 2.24) is 4.98 Å². The Morgan fingerprint density at radius 1 is 1.12 bits per heavy atom. The molecule has 0 saturated carbocycles. The lowest BCUT2D eigenvalue weighted by molar-refractivity contribution is 0.570. The number of nitrogens with zero attached hydrogens (tertiary/aromatic N) is 1. The Morgan fingerprint density at radius 2 is 1.82 bits per heavy atom. The summed E-state index contributed by atoms with van der Waals surface area (Å²) in [6.45, 7) is 0. The van der Waals surface area contributed by atoms with Crippen LogP contribution in [0.4, 0.5) is 8.78 Å². The van der Waals surface area contributed by atoms with Gasteiger partial charge in [-0.05, 0) is 30.2 Å². The van der Waals surface area contributed by atoms with Gasteiger partial charge in [-0.1, -0.05) is 6.07 Å². The molecule has 17 heavy (non-hydrogen) atoms. The largest absolute Gasteiger partial charge is 0.265 e. The monoisotopic (exact) mass is 253 g/mol. The number of hydrogen-bond donors (Lipinski definition) is 0. The van der Waals surface area contributed by atoms with Gasteiger partial charge in [0.25, 0.3) is 0 Å². The summed E-state index contributed by atoms with van der Waals surface area (Å²) in [5.41, 5.74) is 1.27. The molecule has 1 nitrogen and oxygen atoms in total. The summed E-state index contributed by atoms with van der Waals surface area (Å²) in [6.07, 6.45) is 3.78. The molecule has 0 radical (unpaired) electrons. The standard InChI is InChI=1S/C13H10ClF2N/c14-12(7-9-3-5-17-6-4-9)11-2-1-10(15)8-13(11)16/h1-6,8,12H,7H2. The van der Waals surface area contributed by atoms with E-state index in [0.29, 0.717) is 12.0 Å². The highest BCUT2D eigenvalue weighted by Gasteiger charge is 2.14. The summed E-state index contributed by atoms with van der Waals surface area (Å²) in [5.74, 6) is -1.21. The molecule has 2 rings (SSSR count). The second-order valence-electron chi connectivity index (χ2n) is 3.69. The van der Waals surface area contributed by atoms with E-state index in [1.54, 1.807) is 12.4 Å². The average molecular weight is 254 g/mol. The Labute approximate surface area is 103 Å². The summed E-state index contributed by atoms with van der Waals surface area (Å²) < 4.78 is 26.2. The predicted molar refractivity (Wildman–Crippen MR) is 62.9 cm³/mol. The Bertz CT molecular complexity index is 502. The molecular formula is C13H10ClF2N. The molecule has 0 amide bonds. The van der Waals surface area contributed by atoms with Crippen molar-refractivity contribution in [3.8, 4) is 0 Å². The zero-order chi connectivity index (χ0) is 12.3. The molecule has 0 fully saturated rings. The van der Waals surface area contributed by atoms with E-state index < -0.39 is 17.0 Å². The van der Waals surface area contributed by atoms with Crippen LogP contribution in [0.15, 0.2) is 42.7 Å². The summed E-state index contributed by atoms with van der Waals surface area (Å²) in [5, 5.41) is -0.516. The van der Waals surface area contributed by atoms with Gasteiger partial charge in [0.2, 0.25) is 0 Å². The third-order valence-corrected chi connectivity index (χ3v) is 2.85. The third-order valence-electron chi connectivity index (χ3n) is 2.46. The molecule has 0 aliphatic heterocycles. The van der Waals surface area contributed by atoms with E-state index in [1.165, 1.54) is 12.1 Å². The van der Waals surface area contributed by atoms with Crippen LogP contribution in [-0.4, -0.2) is 4.98 Å². The Kier molecular flexibility index (Phi) is 3.69. The first-order chi connectivity index (χ1) is 8.16. The zero-order valence-electron chi connectivity index (χ0n) is 8.91. The van der Waals surface area contributed by atoms with Crippen molar-refractivity contribution in [3.63, 3.8) is 0 Å². The molecule has 1 aromatic heterocycles. The van der Waals surface area contributed by atoms with Crippen molar-refractivity contribution < 1.29 is 8.78 Å². The van der Waals surface area contributed by atoms with Crippen molar-refractivity contribution in [2.45, 2.75) is 11.8 Å². The smallest absolute Gasteiger partial charge is 0.130 e. The van der Waals surface area contributed by atoms with Crippen LogP contribution in [0, 0.1) is 11.6 Å². The molecule has 0 spiro atoms. The second kappa shape index (κ2) is 5.23. The fourth-order valence-corrected chi connectivity index (χ4v) is 1.95. The van der Waals surface area contributed by atoms with Gasteiger partial charge in [0.05, 0.1) is 5.38 Å². The minimum absolute atomic E-state index is 0.310. The van der Waals surface area contributed by atoms with E-state index in [2.05, 4.69) is 4.98 Å². The van der Waals surface area contributed by atoms with Gasteiger partial charge < -0.3 is 0 Å². The molecule has 0 bridgehead atoms. The van der Waals surface area contributed by atoms with E-state index in [4.69, 9.17) is 11.6 Å². The normalized spacial score (nSPS) is 12.4. The van der Waals surface area contributed by atoms with Crippen LogP contribution in [0.1, 0.15) is 16.5 Å². The first-order valence-corrected chi connectivity index (χ1v) is 5.58. The fraction of sp³-hybridized carbons (Fsp3) is 0.154. The average Bonchev–Trinajstić information content (AvgIpc) is 2.30. The van der Waals surface area contributed by atoms with Crippen LogP contribution in [0.2, 0.25) is 0 Å². The summed E-state index contributed by atoms with van der Waals surface area (Å²) in [7, 11) is 0. The predicted octanol–water partition coefficient (Wildman–Crippen LogP) is 3.88. The highest BCUT2D eigenvalue weighted by molar-refractivity contribution is 6.20. The molecule has 1 atom stereocenters. The van der Waals surface area contributed by atoms with Crippen LogP contribution in [0.5, 0.6) is 0 Å². The van der Waals surface area contributed by atoms with Gasteiger partial charge in [0.1, 0.15) is 11.6 Å². The highest BCUT2D eigenvalue weighted by atomic mass is 35.5. The molecule has 88 valence electrons. The lowest BCUT2D eigenvalue weighted by Gasteiger charge is -2.10. The Morgan fingerprint density at radius 3 is 2.47 bits per heavy atom. The maximum atomic E-state index is 13.5. The molecule has 1 aromatic carbocycles. The van der Waals surface area contributed by atoms with Gasteiger partial charge in [-0.25, -0.2) is 8.78 Å².